The van der Waals surface area contributed by atoms with Crippen LogP contribution in [0.3, 0.4) is 0 Å². The molecule has 80 valence electrons. The molecule has 0 saturated heterocycles. The van der Waals surface area contributed by atoms with Crippen LogP contribution >= 0.6 is 0 Å². The van der Waals surface area contributed by atoms with Crippen LogP contribution in [0.5, 0.6) is 0 Å². The Hall–Kier alpha value is -0.520. The number of rotatable bonds is 0. The Morgan fingerprint density at radius 2 is 1.00 bits per heavy atom. The maximum absolute atomic E-state index is 2.34. The molecule has 14 heavy (non-hydrogen) atoms. The third-order valence-corrected chi connectivity index (χ3v) is 3.08. The average molecular weight is 192 g/mol. The molecule has 0 saturated carbocycles. The van der Waals surface area contributed by atoms with E-state index in [1.165, 1.54) is 12.8 Å². The van der Waals surface area contributed by atoms with Crippen molar-refractivity contribution in [3.8, 4) is 0 Å². The van der Waals surface area contributed by atoms with Gasteiger partial charge in [-0.25, -0.2) is 0 Å². The van der Waals surface area contributed by atoms with Crippen molar-refractivity contribution < 1.29 is 0 Å². The van der Waals surface area contributed by atoms with Gasteiger partial charge in [0.25, 0.3) is 0 Å². The highest BCUT2D eigenvalue weighted by molar-refractivity contribution is 5.29. The topological polar surface area (TPSA) is 0 Å². The highest BCUT2D eigenvalue weighted by atomic mass is 14.3. The average Bonchev–Trinajstić information content (AvgIpc) is 2.01. The minimum atomic E-state index is 0.347. The van der Waals surface area contributed by atoms with E-state index in [1.54, 1.807) is 11.1 Å². The van der Waals surface area contributed by atoms with Crippen LogP contribution in [0.2, 0.25) is 0 Å². The lowest BCUT2D eigenvalue weighted by Crippen LogP contribution is -2.16. The Morgan fingerprint density at radius 1 is 0.714 bits per heavy atom. The summed E-state index contributed by atoms with van der Waals surface area (Å²) in [6.07, 6.45) is 7.16. The number of hydrogen-bond donors (Lipinski definition) is 0. The monoisotopic (exact) mass is 192 g/mol. The van der Waals surface area contributed by atoms with Crippen molar-refractivity contribution in [2.24, 2.45) is 10.8 Å². The molecule has 1 rings (SSSR count). The molecule has 0 spiro atoms. The van der Waals surface area contributed by atoms with Crippen molar-refractivity contribution in [2.75, 3.05) is 0 Å². The normalized spacial score (nSPS) is 19.0. The molecule has 0 amide bonds. The first-order valence-corrected chi connectivity index (χ1v) is 5.62. The van der Waals surface area contributed by atoms with Gasteiger partial charge in [-0.1, -0.05) is 64.8 Å². The molecule has 0 fully saturated rings. The van der Waals surface area contributed by atoms with Crippen molar-refractivity contribution in [3.63, 3.8) is 0 Å². The summed E-state index contributed by atoms with van der Waals surface area (Å²) >= 11 is 0. The van der Waals surface area contributed by atoms with E-state index >= 15 is 0 Å². The van der Waals surface area contributed by atoms with Gasteiger partial charge in [0.1, 0.15) is 0 Å². The van der Waals surface area contributed by atoms with Crippen molar-refractivity contribution in [2.45, 2.75) is 54.4 Å². The van der Waals surface area contributed by atoms with Gasteiger partial charge in [-0.3, -0.25) is 0 Å². The Bertz CT molecular complexity index is 233. The van der Waals surface area contributed by atoms with Gasteiger partial charge >= 0.3 is 0 Å². The minimum absolute atomic E-state index is 0.347. The Labute approximate surface area is 89.1 Å². The van der Waals surface area contributed by atoms with Gasteiger partial charge in [0.05, 0.1) is 0 Å². The molecule has 0 heteroatoms. The summed E-state index contributed by atoms with van der Waals surface area (Å²) in [6, 6.07) is 0. The third kappa shape index (κ3) is 2.73. The fourth-order valence-corrected chi connectivity index (χ4v) is 1.89. The molecule has 0 heterocycles. The van der Waals surface area contributed by atoms with E-state index in [1.807, 2.05) is 0 Å². The van der Waals surface area contributed by atoms with Crippen LogP contribution in [0.1, 0.15) is 54.4 Å². The third-order valence-electron chi connectivity index (χ3n) is 3.08. The van der Waals surface area contributed by atoms with Gasteiger partial charge < -0.3 is 0 Å². The predicted molar refractivity (Wildman–Crippen MR) is 64.3 cm³/mol. The summed E-state index contributed by atoms with van der Waals surface area (Å²) in [6.45, 7) is 13.8. The van der Waals surface area contributed by atoms with Crippen LogP contribution in [0, 0.1) is 10.8 Å². The molecule has 0 aromatic heterocycles. The molecular weight excluding hydrogens is 168 g/mol. The van der Waals surface area contributed by atoms with Crippen LogP contribution in [0.4, 0.5) is 0 Å². The Balaban J connectivity index is 2.85. The van der Waals surface area contributed by atoms with Crippen molar-refractivity contribution in [1.29, 1.82) is 0 Å². The minimum Gasteiger partial charge on any atom is -0.0645 e. The largest absolute Gasteiger partial charge is 0.0645 e. The Morgan fingerprint density at radius 3 is 1.14 bits per heavy atom. The molecule has 0 radical (unpaired) electrons. The van der Waals surface area contributed by atoms with Gasteiger partial charge in [0, 0.05) is 0 Å². The second kappa shape index (κ2) is 3.56. The van der Waals surface area contributed by atoms with Crippen molar-refractivity contribution in [1.82, 2.24) is 0 Å². The van der Waals surface area contributed by atoms with Crippen LogP contribution in [-0.4, -0.2) is 0 Å². The standard InChI is InChI=1S/C14H24/c1-13(2,3)11-7-9-12(10-8-11)14(4,5)6/h7,9H,8,10H2,1-6H3. The zero-order valence-electron chi connectivity index (χ0n) is 10.6. The van der Waals surface area contributed by atoms with Crippen molar-refractivity contribution in [3.05, 3.63) is 23.3 Å². The summed E-state index contributed by atoms with van der Waals surface area (Å²) in [5.74, 6) is 0. The fourth-order valence-electron chi connectivity index (χ4n) is 1.89. The van der Waals surface area contributed by atoms with E-state index in [0.717, 1.165) is 0 Å². The lowest BCUT2D eigenvalue weighted by Gasteiger charge is -2.30. The first-order chi connectivity index (χ1) is 6.21. The maximum atomic E-state index is 2.34. The van der Waals surface area contributed by atoms with Crippen LogP contribution in [-0.2, 0) is 0 Å². The van der Waals surface area contributed by atoms with E-state index in [0.29, 0.717) is 10.8 Å². The number of allylic oxidation sites excluding steroid dienone is 4. The van der Waals surface area contributed by atoms with Gasteiger partial charge in [0.2, 0.25) is 0 Å². The number of hydrogen-bond acceptors (Lipinski definition) is 0. The molecule has 0 unspecified atom stereocenters. The SMILES string of the molecule is CC(C)(C)C1=CC=C(C(C)(C)C)CC1. The molecule has 1 aliphatic carbocycles. The van der Waals surface area contributed by atoms with Gasteiger partial charge in [-0.2, -0.15) is 0 Å². The van der Waals surface area contributed by atoms with Gasteiger partial charge in [0.15, 0.2) is 0 Å². The fraction of sp³-hybridized carbons (Fsp3) is 0.714. The van der Waals surface area contributed by atoms with Crippen LogP contribution < -0.4 is 0 Å². The molecular formula is C14H24. The van der Waals surface area contributed by atoms with Crippen LogP contribution in [0.25, 0.3) is 0 Å². The first kappa shape index (κ1) is 11.6. The lowest BCUT2D eigenvalue weighted by molar-refractivity contribution is 0.446. The predicted octanol–water partition coefficient (Wildman–Crippen LogP) is 4.73. The molecule has 1 aliphatic rings. The molecule has 0 bridgehead atoms. The second-order valence-electron chi connectivity index (χ2n) is 6.38. The smallest absolute Gasteiger partial charge is 0.0170 e. The molecule has 0 aromatic carbocycles. The molecule has 0 aromatic rings. The summed E-state index contributed by atoms with van der Waals surface area (Å²) < 4.78 is 0. The van der Waals surface area contributed by atoms with E-state index in [2.05, 4.69) is 53.7 Å². The summed E-state index contributed by atoms with van der Waals surface area (Å²) in [5.41, 5.74) is 3.87. The zero-order chi connectivity index (χ0) is 11.0. The molecule has 0 N–H and O–H groups in total. The van der Waals surface area contributed by atoms with Gasteiger partial charge in [-0.05, 0) is 23.7 Å². The highest BCUT2D eigenvalue weighted by Crippen LogP contribution is 2.38. The summed E-state index contributed by atoms with van der Waals surface area (Å²) in [4.78, 5) is 0. The quantitative estimate of drug-likeness (QED) is 0.520. The summed E-state index contributed by atoms with van der Waals surface area (Å²) in [5, 5.41) is 0. The van der Waals surface area contributed by atoms with Crippen LogP contribution in [0.15, 0.2) is 23.3 Å². The molecule has 0 aliphatic heterocycles. The molecule has 0 nitrogen and oxygen atoms in total. The molecule has 0 atom stereocenters. The van der Waals surface area contributed by atoms with E-state index < -0.39 is 0 Å². The lowest BCUT2D eigenvalue weighted by atomic mass is 9.75. The summed E-state index contributed by atoms with van der Waals surface area (Å²) in [7, 11) is 0. The van der Waals surface area contributed by atoms with Gasteiger partial charge in [-0.15, -0.1) is 0 Å². The highest BCUT2D eigenvalue weighted by Gasteiger charge is 2.23. The zero-order valence-corrected chi connectivity index (χ0v) is 10.6. The second-order valence-corrected chi connectivity index (χ2v) is 6.38. The van der Waals surface area contributed by atoms with E-state index in [9.17, 15) is 0 Å². The first-order valence-electron chi connectivity index (χ1n) is 5.62. The van der Waals surface area contributed by atoms with Crippen molar-refractivity contribution >= 4 is 0 Å². The Kier molecular flexibility index (Phi) is 2.94. The van der Waals surface area contributed by atoms with E-state index in [-0.39, 0.29) is 0 Å². The van der Waals surface area contributed by atoms with E-state index in [4.69, 9.17) is 0 Å². The maximum Gasteiger partial charge on any atom is -0.0170 e.